The van der Waals surface area contributed by atoms with Crippen LogP contribution in [-0.4, -0.2) is 20.3 Å². The van der Waals surface area contributed by atoms with Gasteiger partial charge in [0.05, 0.1) is 6.61 Å². The number of nitrogens with two attached hydrogens (primary N) is 1. The first-order valence-corrected chi connectivity index (χ1v) is 9.50. The molecule has 146 valence electrons. The molecule has 0 atom stereocenters. The fourth-order valence-corrected chi connectivity index (χ4v) is 4.93. The second-order valence-corrected chi connectivity index (χ2v) is 7.60. The van der Waals surface area contributed by atoms with Crippen LogP contribution in [0, 0.1) is 0 Å². The summed E-state index contributed by atoms with van der Waals surface area (Å²) < 4.78 is 0. The van der Waals surface area contributed by atoms with Crippen LogP contribution in [0.5, 0.6) is 5.88 Å². The van der Waals surface area contributed by atoms with Gasteiger partial charge in [0, 0.05) is 26.8 Å². The van der Waals surface area contributed by atoms with Gasteiger partial charge >= 0.3 is 0 Å². The van der Waals surface area contributed by atoms with Crippen molar-refractivity contribution in [3.05, 3.63) is 69.7 Å². The van der Waals surface area contributed by atoms with E-state index in [1.807, 2.05) is 30.3 Å². The number of H-pyrrole nitrogens is 1. The van der Waals surface area contributed by atoms with Crippen LogP contribution in [0.3, 0.4) is 0 Å². The van der Waals surface area contributed by atoms with Gasteiger partial charge in [-0.25, -0.2) is 0 Å². The lowest BCUT2D eigenvalue weighted by molar-refractivity contribution is 0.283. The number of aromatic nitrogens is 1. The number of nitrogens with one attached hydrogen (secondary N) is 1. The molecule has 6 aromatic rings. The molecule has 1 heterocycles. The number of aliphatic hydroxyl groups is 2. The number of aromatic amines is 1. The zero-order valence-corrected chi connectivity index (χ0v) is 15.7. The highest BCUT2D eigenvalue weighted by molar-refractivity contribution is 6.37. The maximum absolute atomic E-state index is 12.5. The molecule has 0 unspecified atom stereocenters. The van der Waals surface area contributed by atoms with Gasteiger partial charge in [0.2, 0.25) is 0 Å². The summed E-state index contributed by atoms with van der Waals surface area (Å²) in [5.41, 5.74) is 6.07. The molecule has 1 aromatic heterocycles. The monoisotopic (exact) mass is 396 g/mol. The molecular weight excluding hydrogens is 380 g/mol. The van der Waals surface area contributed by atoms with E-state index in [2.05, 4.69) is 4.98 Å². The highest BCUT2D eigenvalue weighted by atomic mass is 16.3. The summed E-state index contributed by atoms with van der Waals surface area (Å²) in [5.74, 6) is -0.457. The Kier molecular flexibility index (Phi) is 3.11. The van der Waals surface area contributed by atoms with E-state index < -0.39 is 0 Å². The summed E-state index contributed by atoms with van der Waals surface area (Å²) in [6.45, 7) is -0.191. The van der Waals surface area contributed by atoms with Crippen molar-refractivity contribution in [2.75, 3.05) is 0 Å². The van der Waals surface area contributed by atoms with Crippen LogP contribution in [-0.2, 0) is 6.61 Å². The largest absolute Gasteiger partial charge is 0.495 e. The zero-order chi connectivity index (χ0) is 20.7. The van der Waals surface area contributed by atoms with Gasteiger partial charge in [0.15, 0.2) is 11.8 Å². The van der Waals surface area contributed by atoms with E-state index in [1.54, 1.807) is 18.2 Å². The molecule has 0 aliphatic heterocycles. The Bertz CT molecular complexity index is 1760. The predicted octanol–water partition coefficient (Wildman–Crippen LogP) is 3.08. The minimum absolute atomic E-state index is 0.152. The standard InChI is InChI=1S/C24H16N2O4/c25-22(28)15-6-3-12-14-5-8-17-21-16(23(29)26-24(17)30)7-4-13(20(14)21)11-2-1-10(9-27)18(15)19(11)12/h1-8,27-28H,9,25H2,(H2,26,29,30)/b22-15+. The van der Waals surface area contributed by atoms with E-state index in [9.17, 15) is 20.1 Å². The van der Waals surface area contributed by atoms with Crippen molar-refractivity contribution < 1.29 is 15.3 Å². The van der Waals surface area contributed by atoms with Crippen molar-refractivity contribution >= 4 is 59.7 Å². The molecule has 0 aliphatic rings. The van der Waals surface area contributed by atoms with Crippen molar-refractivity contribution in [1.29, 1.82) is 0 Å². The molecule has 0 fully saturated rings. The van der Waals surface area contributed by atoms with E-state index in [4.69, 9.17) is 5.73 Å². The van der Waals surface area contributed by atoms with E-state index >= 15 is 0 Å². The first kappa shape index (κ1) is 16.9. The lowest BCUT2D eigenvalue weighted by Crippen LogP contribution is -2.15. The van der Waals surface area contributed by atoms with Crippen molar-refractivity contribution in [2.24, 2.45) is 5.73 Å². The Balaban J connectivity index is 2.04. The molecule has 6 rings (SSSR count). The molecule has 6 heteroatoms. The smallest absolute Gasteiger partial charge is 0.258 e. The minimum Gasteiger partial charge on any atom is -0.495 e. The SMILES string of the molecule is N/C(O)=c1/ccc2c3ccc4c(O)[nH]c(=O)c5ccc(c6ccc(CO)c1c26)c3c45. The number of fused-ring (bicyclic) bond motifs is 2. The zero-order valence-electron chi connectivity index (χ0n) is 15.7. The van der Waals surface area contributed by atoms with E-state index in [1.165, 1.54) is 0 Å². The molecule has 5 aromatic carbocycles. The average molecular weight is 396 g/mol. The predicted molar refractivity (Wildman–Crippen MR) is 119 cm³/mol. The van der Waals surface area contributed by atoms with E-state index in [-0.39, 0.29) is 23.9 Å². The van der Waals surface area contributed by atoms with Crippen molar-refractivity contribution in [3.63, 3.8) is 0 Å². The molecule has 0 spiro atoms. The van der Waals surface area contributed by atoms with Gasteiger partial charge in [0.25, 0.3) is 5.56 Å². The molecule has 0 amide bonds. The number of aliphatic hydroxyl groups excluding tert-OH is 2. The van der Waals surface area contributed by atoms with Crippen LogP contribution < -0.4 is 16.5 Å². The lowest BCUT2D eigenvalue weighted by atomic mass is 9.86. The Morgan fingerprint density at radius 1 is 0.767 bits per heavy atom. The molecule has 0 saturated carbocycles. The molecular formula is C24H16N2O4. The summed E-state index contributed by atoms with van der Waals surface area (Å²) in [4.78, 5) is 15.0. The maximum atomic E-state index is 12.5. The third-order valence-corrected chi connectivity index (χ3v) is 6.17. The first-order valence-electron chi connectivity index (χ1n) is 9.50. The number of aromatic hydroxyl groups is 1. The molecule has 6 nitrogen and oxygen atoms in total. The quantitative estimate of drug-likeness (QED) is 0.216. The van der Waals surface area contributed by atoms with E-state index in [0.717, 1.165) is 32.3 Å². The lowest BCUT2D eigenvalue weighted by Gasteiger charge is -2.18. The van der Waals surface area contributed by atoms with Gasteiger partial charge < -0.3 is 21.1 Å². The van der Waals surface area contributed by atoms with Crippen molar-refractivity contribution in [1.82, 2.24) is 4.98 Å². The number of hydrogen-bond donors (Lipinski definition) is 5. The maximum Gasteiger partial charge on any atom is 0.258 e. The first-order chi connectivity index (χ1) is 14.5. The Morgan fingerprint density at radius 2 is 1.27 bits per heavy atom. The van der Waals surface area contributed by atoms with Gasteiger partial charge in [0.1, 0.15) is 0 Å². The number of rotatable bonds is 1. The Hall–Kier alpha value is -4.03. The molecule has 0 saturated heterocycles. The fourth-order valence-electron chi connectivity index (χ4n) is 4.93. The Labute approximate surface area is 168 Å². The summed E-state index contributed by atoms with van der Waals surface area (Å²) in [6.07, 6.45) is 0. The van der Waals surface area contributed by atoms with Gasteiger partial charge in [-0.05, 0) is 56.1 Å². The van der Waals surface area contributed by atoms with Crippen molar-refractivity contribution in [2.45, 2.75) is 6.61 Å². The van der Waals surface area contributed by atoms with Crippen LogP contribution in [0.1, 0.15) is 5.56 Å². The van der Waals surface area contributed by atoms with Crippen LogP contribution in [0.25, 0.3) is 59.7 Å². The summed E-state index contributed by atoms with van der Waals surface area (Å²) in [6, 6.07) is 14.8. The molecule has 0 bridgehead atoms. The number of hydrogen-bond acceptors (Lipinski definition) is 5. The highest BCUT2D eigenvalue weighted by Gasteiger charge is 2.19. The van der Waals surface area contributed by atoms with Crippen molar-refractivity contribution in [3.8, 4) is 5.88 Å². The average Bonchev–Trinajstić information content (AvgIpc) is 2.75. The highest BCUT2D eigenvalue weighted by Crippen LogP contribution is 2.43. The van der Waals surface area contributed by atoms with Crippen LogP contribution in [0.15, 0.2) is 53.3 Å². The Morgan fingerprint density at radius 3 is 1.90 bits per heavy atom. The topological polar surface area (TPSA) is 120 Å². The van der Waals surface area contributed by atoms with E-state index in [0.29, 0.717) is 32.3 Å². The molecule has 0 radical (unpaired) electrons. The minimum atomic E-state index is -0.340. The second kappa shape index (κ2) is 5.52. The number of benzene rings is 5. The summed E-state index contributed by atoms with van der Waals surface area (Å²) >= 11 is 0. The van der Waals surface area contributed by atoms with Crippen LogP contribution >= 0.6 is 0 Å². The third kappa shape index (κ3) is 1.88. The van der Waals surface area contributed by atoms with Gasteiger partial charge in [-0.2, -0.15) is 0 Å². The second-order valence-electron chi connectivity index (χ2n) is 7.60. The number of pyridine rings is 1. The summed E-state index contributed by atoms with van der Waals surface area (Å²) in [5, 5.41) is 38.8. The molecule has 30 heavy (non-hydrogen) atoms. The fraction of sp³-hybridized carbons (Fsp3) is 0.0417. The van der Waals surface area contributed by atoms with Gasteiger partial charge in [-0.15, -0.1) is 0 Å². The normalized spacial score (nSPS) is 13.4. The summed E-state index contributed by atoms with van der Waals surface area (Å²) in [7, 11) is 0. The van der Waals surface area contributed by atoms with Crippen LogP contribution in [0.4, 0.5) is 0 Å². The third-order valence-electron chi connectivity index (χ3n) is 6.17. The van der Waals surface area contributed by atoms with Gasteiger partial charge in [-0.3, -0.25) is 9.78 Å². The van der Waals surface area contributed by atoms with Gasteiger partial charge in [-0.1, -0.05) is 30.3 Å². The van der Waals surface area contributed by atoms with Crippen LogP contribution in [0.2, 0.25) is 0 Å². The molecule has 0 aliphatic carbocycles. The molecule has 6 N–H and O–H groups in total.